The number of methoxy groups -OCH3 is 1. The molecular weight excluding hydrogens is 667 g/mol. The van der Waals surface area contributed by atoms with Crippen LogP contribution in [0.25, 0.3) is 11.1 Å². The number of hydrogen-bond acceptors (Lipinski definition) is 10. The molecule has 0 amide bonds. The molecule has 3 aromatic rings. The SMILES string of the molecule is CCC([N+](C)=Cc1c(C)cc(-c2cnc(OC)c(NS(C)(=O)=O)c2)cc1C(=N)[N+](=O)CN1CCN2CCCC2C1)S(=O)(=O)c1ccccc1. The van der Waals surface area contributed by atoms with Crippen LogP contribution in [0.5, 0.6) is 5.88 Å². The molecule has 49 heavy (non-hydrogen) atoms. The number of piperazine rings is 1. The zero-order valence-electron chi connectivity index (χ0n) is 28.6. The van der Waals surface area contributed by atoms with Crippen molar-refractivity contribution in [2.24, 2.45) is 0 Å². The van der Waals surface area contributed by atoms with Crippen LogP contribution in [-0.4, -0.2) is 118 Å². The zero-order chi connectivity index (χ0) is 35.5. The minimum atomic E-state index is -3.75. The van der Waals surface area contributed by atoms with Crippen molar-refractivity contribution < 1.29 is 30.9 Å². The molecule has 2 saturated heterocycles. The topological polar surface area (TPSA) is 156 Å². The maximum absolute atomic E-state index is 13.7. The Kier molecular flexibility index (Phi) is 11.0. The van der Waals surface area contributed by atoms with E-state index in [-0.39, 0.29) is 29.0 Å². The molecule has 0 aliphatic carbocycles. The Morgan fingerprint density at radius 3 is 2.53 bits per heavy atom. The van der Waals surface area contributed by atoms with Gasteiger partial charge in [-0.25, -0.2) is 26.4 Å². The van der Waals surface area contributed by atoms with Crippen LogP contribution in [0.15, 0.2) is 59.6 Å². The van der Waals surface area contributed by atoms with Gasteiger partial charge in [-0.2, -0.15) is 0 Å². The lowest BCUT2D eigenvalue weighted by atomic mass is 9.95. The molecular formula is C34H45N7O6S2+2. The predicted molar refractivity (Wildman–Crippen MR) is 190 cm³/mol. The van der Waals surface area contributed by atoms with E-state index >= 15 is 0 Å². The number of sulfonamides is 1. The molecule has 2 aromatic carbocycles. The van der Waals surface area contributed by atoms with E-state index in [1.54, 1.807) is 67.2 Å². The van der Waals surface area contributed by atoms with Gasteiger partial charge in [0.15, 0.2) is 12.9 Å². The largest absolute Gasteiger partial charge is 0.480 e. The summed E-state index contributed by atoms with van der Waals surface area (Å²) >= 11 is 0. The maximum atomic E-state index is 13.7. The summed E-state index contributed by atoms with van der Waals surface area (Å²) in [4.78, 5) is 22.8. The monoisotopic (exact) mass is 711 g/mol. The number of anilines is 1. The van der Waals surface area contributed by atoms with E-state index in [4.69, 9.17) is 10.1 Å². The maximum Gasteiger partial charge on any atom is 0.362 e. The number of rotatable bonds is 12. The molecule has 0 radical (unpaired) electrons. The van der Waals surface area contributed by atoms with Crippen LogP contribution in [0.3, 0.4) is 0 Å². The summed E-state index contributed by atoms with van der Waals surface area (Å²) < 4.78 is 61.5. The molecule has 15 heteroatoms. The van der Waals surface area contributed by atoms with Crippen molar-refractivity contribution in [2.45, 2.75) is 49.4 Å². The van der Waals surface area contributed by atoms with Crippen LogP contribution in [0.2, 0.25) is 0 Å². The molecule has 2 atom stereocenters. The number of nitroso groups, excluding NO2 is 1. The highest BCUT2D eigenvalue weighted by molar-refractivity contribution is 7.92. The van der Waals surface area contributed by atoms with Gasteiger partial charge in [-0.15, -0.1) is 0 Å². The zero-order valence-corrected chi connectivity index (χ0v) is 30.2. The number of amidine groups is 1. The summed E-state index contributed by atoms with van der Waals surface area (Å²) in [6.45, 7) is 7.10. The minimum Gasteiger partial charge on any atom is -0.480 e. The fourth-order valence-electron chi connectivity index (χ4n) is 6.73. The lowest BCUT2D eigenvalue weighted by Gasteiger charge is -2.35. The van der Waals surface area contributed by atoms with Crippen molar-refractivity contribution in [2.75, 3.05) is 58.0 Å². The Balaban J connectivity index is 1.57. The number of hydrogen-bond donors (Lipinski definition) is 2. The van der Waals surface area contributed by atoms with Gasteiger partial charge in [-0.05, 0) is 66.5 Å². The lowest BCUT2D eigenvalue weighted by Crippen LogP contribution is -2.52. The van der Waals surface area contributed by atoms with E-state index in [9.17, 15) is 21.7 Å². The molecule has 5 rings (SSSR count). The van der Waals surface area contributed by atoms with Crippen molar-refractivity contribution in [3.05, 3.63) is 76.3 Å². The summed E-state index contributed by atoms with van der Waals surface area (Å²) in [7, 11) is -4.34. The average molecular weight is 712 g/mol. The second kappa shape index (κ2) is 14.8. The number of nitrogens with one attached hydrogen (secondary N) is 2. The summed E-state index contributed by atoms with van der Waals surface area (Å²) in [5, 5.41) is 8.26. The van der Waals surface area contributed by atoms with E-state index in [0.29, 0.717) is 45.0 Å². The van der Waals surface area contributed by atoms with Gasteiger partial charge in [0.2, 0.25) is 25.7 Å². The van der Waals surface area contributed by atoms with Gasteiger partial charge in [0, 0.05) is 43.9 Å². The summed E-state index contributed by atoms with van der Waals surface area (Å²) in [6, 6.07) is 13.8. The van der Waals surface area contributed by atoms with Crippen molar-refractivity contribution >= 4 is 37.6 Å². The third-order valence-electron chi connectivity index (χ3n) is 9.13. The highest BCUT2D eigenvalue weighted by Gasteiger charge is 2.36. The van der Waals surface area contributed by atoms with E-state index in [0.717, 1.165) is 45.3 Å². The Morgan fingerprint density at radius 2 is 1.86 bits per heavy atom. The summed E-state index contributed by atoms with van der Waals surface area (Å²) in [5.74, 6) is -0.183. The smallest absolute Gasteiger partial charge is 0.362 e. The van der Waals surface area contributed by atoms with Crippen LogP contribution >= 0.6 is 0 Å². The third-order valence-corrected chi connectivity index (χ3v) is 12.0. The van der Waals surface area contributed by atoms with Crippen LogP contribution in [-0.2, 0) is 19.9 Å². The Labute approximate surface area is 288 Å². The molecule has 0 spiro atoms. The molecule has 1 aromatic heterocycles. The first kappa shape index (κ1) is 36.2. The molecule has 0 bridgehead atoms. The van der Waals surface area contributed by atoms with Gasteiger partial charge in [-0.1, -0.05) is 41.5 Å². The fraction of sp³-hybridized carbons (Fsp3) is 0.441. The second-order valence-corrected chi connectivity index (χ2v) is 16.6. The normalized spacial score (nSPS) is 18.1. The third kappa shape index (κ3) is 8.23. The molecule has 0 saturated carbocycles. The minimum absolute atomic E-state index is 0.0220. The Morgan fingerprint density at radius 1 is 1.12 bits per heavy atom. The van der Waals surface area contributed by atoms with Crippen LogP contribution in [0.1, 0.15) is 42.9 Å². The first-order valence-electron chi connectivity index (χ1n) is 16.2. The number of aryl methyl sites for hydroxylation is 1. The summed E-state index contributed by atoms with van der Waals surface area (Å²) in [5.41, 5.74) is 2.75. The van der Waals surface area contributed by atoms with Crippen LogP contribution in [0.4, 0.5) is 5.69 Å². The van der Waals surface area contributed by atoms with E-state index in [1.807, 2.05) is 13.0 Å². The van der Waals surface area contributed by atoms with Gasteiger partial charge in [0.05, 0.1) is 29.4 Å². The number of ether oxygens (including phenoxy) is 1. The molecule has 262 valence electrons. The number of nitrogens with zero attached hydrogens (tertiary/aromatic N) is 5. The number of sulfone groups is 1. The van der Waals surface area contributed by atoms with E-state index in [2.05, 4.69) is 19.5 Å². The molecule has 2 unspecified atom stereocenters. The first-order valence-corrected chi connectivity index (χ1v) is 19.7. The van der Waals surface area contributed by atoms with E-state index in [1.165, 1.54) is 13.3 Å². The van der Waals surface area contributed by atoms with Crippen molar-refractivity contribution in [3.8, 4) is 17.0 Å². The molecule has 2 N–H and O–H groups in total. The number of pyridine rings is 1. The standard InChI is InChI=1S/C34H45N7O6S2/c1-6-32(49(45,46)28-12-8-7-9-13-28)38(3)22-30-24(2)17-25(26-19-31(37-48(5,43)44)34(47-4)36-20-26)18-29(30)33(35)41(42)23-39-15-16-40-14-10-11-27(40)21-39/h7-9,12-13,17-20,22,27,32,35,37H,6,10-11,14-16,21,23H2,1-5H3/q+2. The molecule has 3 heterocycles. The molecule has 2 fully saturated rings. The second-order valence-electron chi connectivity index (χ2n) is 12.7. The first-order chi connectivity index (χ1) is 23.2. The fourth-order valence-corrected chi connectivity index (χ4v) is 9.06. The average Bonchev–Trinajstić information content (AvgIpc) is 3.53. The van der Waals surface area contributed by atoms with Gasteiger partial charge in [0.1, 0.15) is 12.7 Å². The van der Waals surface area contributed by atoms with Crippen molar-refractivity contribution in [1.82, 2.24) is 14.8 Å². The Bertz CT molecular complexity index is 1980. The van der Waals surface area contributed by atoms with Gasteiger partial charge in [0.25, 0.3) is 5.37 Å². The van der Waals surface area contributed by atoms with Gasteiger partial charge < -0.3 is 4.74 Å². The number of fused-ring (bicyclic) bond motifs is 1. The van der Waals surface area contributed by atoms with Crippen LogP contribution in [0, 0.1) is 17.2 Å². The molecule has 2 aliphatic heterocycles. The lowest BCUT2D eigenvalue weighted by molar-refractivity contribution is -0.509. The Hall–Kier alpha value is -4.05. The molecule has 2 aliphatic rings. The number of aromatic nitrogens is 1. The highest BCUT2D eigenvalue weighted by atomic mass is 32.2. The van der Waals surface area contributed by atoms with Crippen LogP contribution < -0.4 is 9.46 Å². The predicted octanol–water partition coefficient (Wildman–Crippen LogP) is 3.55. The van der Waals surface area contributed by atoms with Gasteiger partial charge >= 0.3 is 5.84 Å². The highest BCUT2D eigenvalue weighted by Crippen LogP contribution is 2.32. The van der Waals surface area contributed by atoms with Crippen molar-refractivity contribution in [3.63, 3.8) is 0 Å². The quantitative estimate of drug-likeness (QED) is 0.163. The molecule has 13 nitrogen and oxygen atoms in total. The number of benzene rings is 2. The van der Waals surface area contributed by atoms with Gasteiger partial charge in [-0.3, -0.25) is 14.5 Å². The van der Waals surface area contributed by atoms with E-state index < -0.39 is 25.2 Å². The summed E-state index contributed by atoms with van der Waals surface area (Å²) in [6.07, 6.45) is 6.78. The van der Waals surface area contributed by atoms with Crippen molar-refractivity contribution in [1.29, 1.82) is 5.41 Å².